The second kappa shape index (κ2) is 10.1. The molecule has 31 heavy (non-hydrogen) atoms. The highest BCUT2D eigenvalue weighted by Gasteiger charge is 2.42. The van der Waals surface area contributed by atoms with Gasteiger partial charge in [0.25, 0.3) is 5.91 Å². The molecule has 1 N–H and O–H groups in total. The summed E-state index contributed by atoms with van der Waals surface area (Å²) in [6, 6.07) is 6.00. The Hall–Kier alpha value is -1.93. The van der Waals surface area contributed by atoms with Crippen LogP contribution in [0.5, 0.6) is 0 Å². The lowest BCUT2D eigenvalue weighted by molar-refractivity contribution is -0.152. The minimum atomic E-state index is -3.61. The number of hydrogen-bond acceptors (Lipinski definition) is 5. The molecule has 172 valence electrons. The first-order valence-electron chi connectivity index (χ1n) is 11.4. The van der Waals surface area contributed by atoms with Gasteiger partial charge < -0.3 is 10.1 Å². The molecule has 0 atom stereocenters. The number of rotatable bonds is 7. The van der Waals surface area contributed by atoms with Gasteiger partial charge in [-0.15, -0.1) is 0 Å². The summed E-state index contributed by atoms with van der Waals surface area (Å²) in [5.74, 6) is -0.782. The van der Waals surface area contributed by atoms with Crippen LogP contribution >= 0.6 is 0 Å². The molecule has 0 saturated heterocycles. The molecule has 8 heteroatoms. The average molecular weight is 451 g/mol. The van der Waals surface area contributed by atoms with Gasteiger partial charge in [-0.2, -0.15) is 4.31 Å². The first-order valence-corrected chi connectivity index (χ1v) is 12.8. The molecule has 0 spiro atoms. The third-order valence-electron chi connectivity index (χ3n) is 6.61. The molecule has 2 aliphatic carbocycles. The maximum absolute atomic E-state index is 13.0. The molecule has 7 nitrogen and oxygen atoms in total. The lowest BCUT2D eigenvalue weighted by atomic mass is 9.81. The maximum atomic E-state index is 13.0. The van der Waals surface area contributed by atoms with Gasteiger partial charge in [0.15, 0.2) is 0 Å². The molecule has 0 heterocycles. The Bertz CT molecular complexity index is 870. The highest BCUT2D eigenvalue weighted by Crippen LogP contribution is 2.30. The van der Waals surface area contributed by atoms with Crippen LogP contribution in [-0.4, -0.2) is 49.8 Å². The zero-order chi connectivity index (χ0) is 22.5. The second-order valence-corrected chi connectivity index (χ2v) is 10.7. The summed E-state index contributed by atoms with van der Waals surface area (Å²) in [6.45, 7) is 2.01. The zero-order valence-electron chi connectivity index (χ0n) is 18.6. The van der Waals surface area contributed by atoms with E-state index in [2.05, 4.69) is 5.32 Å². The van der Waals surface area contributed by atoms with Crippen molar-refractivity contribution in [2.75, 3.05) is 13.7 Å². The van der Waals surface area contributed by atoms with Crippen molar-refractivity contribution in [1.82, 2.24) is 9.62 Å². The highest BCUT2D eigenvalue weighted by molar-refractivity contribution is 7.89. The predicted octanol–water partition coefficient (Wildman–Crippen LogP) is 3.64. The quantitative estimate of drug-likeness (QED) is 0.640. The van der Waals surface area contributed by atoms with Gasteiger partial charge in [-0.3, -0.25) is 4.79 Å². The van der Waals surface area contributed by atoms with E-state index >= 15 is 0 Å². The van der Waals surface area contributed by atoms with Crippen LogP contribution in [0.15, 0.2) is 29.2 Å². The summed E-state index contributed by atoms with van der Waals surface area (Å²) in [5.41, 5.74) is -0.675. The van der Waals surface area contributed by atoms with Crippen LogP contribution in [0.4, 0.5) is 0 Å². The van der Waals surface area contributed by atoms with Gasteiger partial charge in [0, 0.05) is 18.7 Å². The molecule has 2 aliphatic rings. The van der Waals surface area contributed by atoms with Gasteiger partial charge in [-0.05, 0) is 56.9 Å². The molecular formula is C23H34N2O5S. The number of amides is 1. The molecule has 0 aliphatic heterocycles. The summed E-state index contributed by atoms with van der Waals surface area (Å²) in [5, 5.41) is 2.89. The van der Waals surface area contributed by atoms with Crippen molar-refractivity contribution in [3.05, 3.63) is 29.8 Å². The first-order chi connectivity index (χ1) is 14.8. The lowest BCUT2D eigenvalue weighted by Gasteiger charge is -2.35. The molecule has 0 unspecified atom stereocenters. The fraction of sp³-hybridized carbons (Fsp3) is 0.652. The molecule has 1 aromatic rings. The summed E-state index contributed by atoms with van der Waals surface area (Å²) < 4.78 is 32.7. The standard InChI is InChI=1S/C23H34N2O5S/c1-3-30-22(27)23(16-8-5-9-17-23)24-21(26)18-12-14-20(15-13-18)31(28,29)25(2)19-10-6-4-7-11-19/h12-15,19H,3-11,16-17H2,1-2H3,(H,24,26). The second-order valence-electron chi connectivity index (χ2n) is 8.65. The van der Waals surface area contributed by atoms with E-state index in [1.807, 2.05) is 0 Å². The van der Waals surface area contributed by atoms with Gasteiger partial charge in [-0.1, -0.05) is 38.5 Å². The Labute approximate surface area is 185 Å². The molecule has 0 bridgehead atoms. The van der Waals surface area contributed by atoms with E-state index in [-0.39, 0.29) is 23.5 Å². The Morgan fingerprint density at radius 1 is 1.03 bits per heavy atom. The number of carbonyl (C=O) groups excluding carboxylic acids is 2. The van der Waals surface area contributed by atoms with Gasteiger partial charge in [-0.25, -0.2) is 13.2 Å². The fourth-order valence-electron chi connectivity index (χ4n) is 4.68. The van der Waals surface area contributed by atoms with Crippen LogP contribution < -0.4 is 5.32 Å². The third kappa shape index (κ3) is 5.29. The number of nitrogens with one attached hydrogen (secondary N) is 1. The van der Waals surface area contributed by atoms with E-state index in [0.29, 0.717) is 18.4 Å². The van der Waals surface area contributed by atoms with Gasteiger partial charge in [0.05, 0.1) is 11.5 Å². The Kier molecular flexibility index (Phi) is 7.75. The summed E-state index contributed by atoms with van der Waals surface area (Å²) in [7, 11) is -1.98. The van der Waals surface area contributed by atoms with E-state index in [1.165, 1.54) is 28.6 Å². The number of benzene rings is 1. The molecule has 1 aromatic carbocycles. The Balaban J connectivity index is 1.74. The van der Waals surface area contributed by atoms with Crippen molar-refractivity contribution in [3.8, 4) is 0 Å². The highest BCUT2D eigenvalue weighted by atomic mass is 32.2. The monoisotopic (exact) mass is 450 g/mol. The molecule has 2 fully saturated rings. The topological polar surface area (TPSA) is 92.8 Å². The Morgan fingerprint density at radius 3 is 2.19 bits per heavy atom. The molecule has 0 aromatic heterocycles. The van der Waals surface area contributed by atoms with Crippen LogP contribution in [-0.2, 0) is 19.6 Å². The van der Waals surface area contributed by atoms with Gasteiger partial charge in [0.1, 0.15) is 5.54 Å². The summed E-state index contributed by atoms with van der Waals surface area (Å²) in [4.78, 5) is 25.6. The van der Waals surface area contributed by atoms with Crippen LogP contribution in [0, 0.1) is 0 Å². The third-order valence-corrected chi connectivity index (χ3v) is 8.53. The van der Waals surface area contributed by atoms with Gasteiger partial charge in [0.2, 0.25) is 10.0 Å². The number of carbonyl (C=O) groups is 2. The number of hydrogen-bond donors (Lipinski definition) is 1. The number of sulfonamides is 1. The van der Waals surface area contributed by atoms with Crippen molar-refractivity contribution >= 4 is 21.9 Å². The van der Waals surface area contributed by atoms with Crippen LogP contribution in [0.25, 0.3) is 0 Å². The predicted molar refractivity (Wildman–Crippen MR) is 118 cm³/mol. The molecule has 1 amide bonds. The SMILES string of the molecule is CCOC(=O)C1(NC(=O)c2ccc(S(=O)(=O)N(C)C3CCCCC3)cc2)CCCCC1. The van der Waals surface area contributed by atoms with E-state index in [0.717, 1.165) is 51.4 Å². The van der Waals surface area contributed by atoms with Crippen LogP contribution in [0.3, 0.4) is 0 Å². The number of nitrogens with zero attached hydrogens (tertiary/aromatic N) is 1. The minimum absolute atomic E-state index is 0.0254. The van der Waals surface area contributed by atoms with Crippen molar-refractivity contribution in [2.24, 2.45) is 0 Å². The van der Waals surface area contributed by atoms with Crippen molar-refractivity contribution < 1.29 is 22.7 Å². The number of ether oxygens (including phenoxy) is 1. The molecule has 0 radical (unpaired) electrons. The van der Waals surface area contributed by atoms with Crippen LogP contribution in [0.1, 0.15) is 81.5 Å². The van der Waals surface area contributed by atoms with Gasteiger partial charge >= 0.3 is 5.97 Å². The fourth-order valence-corrected chi connectivity index (χ4v) is 6.10. The van der Waals surface area contributed by atoms with E-state index < -0.39 is 21.5 Å². The normalized spacial score (nSPS) is 19.7. The van der Waals surface area contributed by atoms with Crippen LogP contribution in [0.2, 0.25) is 0 Å². The summed E-state index contributed by atoms with van der Waals surface area (Å²) in [6.07, 6.45) is 8.84. The largest absolute Gasteiger partial charge is 0.464 e. The summed E-state index contributed by atoms with van der Waals surface area (Å²) >= 11 is 0. The zero-order valence-corrected chi connectivity index (χ0v) is 19.4. The molecule has 3 rings (SSSR count). The Morgan fingerprint density at radius 2 is 1.61 bits per heavy atom. The molecular weight excluding hydrogens is 416 g/mol. The van der Waals surface area contributed by atoms with Crippen molar-refractivity contribution in [1.29, 1.82) is 0 Å². The minimum Gasteiger partial charge on any atom is -0.464 e. The number of esters is 1. The van der Waals surface area contributed by atoms with Crippen molar-refractivity contribution in [2.45, 2.75) is 87.6 Å². The van der Waals surface area contributed by atoms with E-state index in [4.69, 9.17) is 4.74 Å². The smallest absolute Gasteiger partial charge is 0.331 e. The average Bonchev–Trinajstić information content (AvgIpc) is 2.80. The lowest BCUT2D eigenvalue weighted by Crippen LogP contribution is -2.56. The van der Waals surface area contributed by atoms with E-state index in [9.17, 15) is 18.0 Å². The molecule has 2 saturated carbocycles. The van der Waals surface area contributed by atoms with E-state index in [1.54, 1.807) is 14.0 Å². The maximum Gasteiger partial charge on any atom is 0.331 e. The first kappa shape index (κ1) is 23.7. The van der Waals surface area contributed by atoms with Crippen molar-refractivity contribution in [3.63, 3.8) is 0 Å².